The Hall–Kier alpha value is -2.46. The van der Waals surface area contributed by atoms with Crippen LogP contribution in [0.5, 0.6) is 0 Å². The predicted octanol–water partition coefficient (Wildman–Crippen LogP) is 3.89. The first-order chi connectivity index (χ1) is 11.4. The van der Waals surface area contributed by atoms with Gasteiger partial charge in [0.2, 0.25) is 5.95 Å². The minimum Gasteiger partial charge on any atom is -0.376 e. The molecule has 0 bridgehead atoms. The van der Waals surface area contributed by atoms with Gasteiger partial charge in [-0.2, -0.15) is 0 Å². The summed E-state index contributed by atoms with van der Waals surface area (Å²) in [4.78, 5) is 9.40. The smallest absolute Gasteiger partial charge is 0.223 e. The number of rotatable bonds is 4. The molecule has 2 heterocycles. The van der Waals surface area contributed by atoms with E-state index in [9.17, 15) is 0 Å². The molecular formula is C19H19N3O. The lowest BCUT2D eigenvalue weighted by Crippen LogP contribution is -2.19. The van der Waals surface area contributed by atoms with E-state index in [4.69, 9.17) is 9.72 Å². The number of hydrogen-bond donors (Lipinski definition) is 1. The summed E-state index contributed by atoms with van der Waals surface area (Å²) in [7, 11) is 0. The second-order valence-corrected chi connectivity index (χ2v) is 5.79. The fraction of sp³-hybridized carbons (Fsp3) is 0.263. The molecule has 1 fully saturated rings. The molecule has 0 radical (unpaired) electrons. The van der Waals surface area contributed by atoms with Gasteiger partial charge in [0.1, 0.15) is 0 Å². The van der Waals surface area contributed by atoms with E-state index >= 15 is 0 Å². The van der Waals surface area contributed by atoms with Gasteiger partial charge in [-0.25, -0.2) is 9.97 Å². The van der Waals surface area contributed by atoms with Gasteiger partial charge < -0.3 is 10.1 Å². The van der Waals surface area contributed by atoms with Gasteiger partial charge >= 0.3 is 0 Å². The van der Waals surface area contributed by atoms with E-state index in [0.717, 1.165) is 48.2 Å². The summed E-state index contributed by atoms with van der Waals surface area (Å²) in [6, 6.07) is 18.4. The van der Waals surface area contributed by atoms with Crippen molar-refractivity contribution in [3.05, 3.63) is 54.6 Å². The van der Waals surface area contributed by atoms with E-state index in [1.54, 1.807) is 0 Å². The number of hydrogen-bond acceptors (Lipinski definition) is 4. The third-order valence-corrected chi connectivity index (χ3v) is 4.16. The zero-order chi connectivity index (χ0) is 15.5. The number of para-hydroxylation sites is 1. The van der Waals surface area contributed by atoms with Gasteiger partial charge in [-0.05, 0) is 18.9 Å². The minimum atomic E-state index is 0.269. The zero-order valence-corrected chi connectivity index (χ0v) is 12.9. The van der Waals surface area contributed by atoms with Crippen LogP contribution in [-0.2, 0) is 4.74 Å². The molecule has 4 nitrogen and oxygen atoms in total. The normalized spacial score (nSPS) is 17.5. The molecule has 1 N–H and O–H groups in total. The molecule has 1 atom stereocenters. The molecule has 23 heavy (non-hydrogen) atoms. The Labute approximate surface area is 135 Å². The standard InChI is InChI=1S/C19H19N3O/c1-2-7-14(8-3-1)18-16-10-4-5-11-17(16)21-19(22-18)20-13-15-9-6-12-23-15/h1-5,7-8,10-11,15H,6,9,12-13H2,(H,20,21,22)/t15-/m0/s1. The monoisotopic (exact) mass is 305 g/mol. The van der Waals surface area contributed by atoms with E-state index in [1.807, 2.05) is 36.4 Å². The van der Waals surface area contributed by atoms with Crippen LogP contribution in [0.3, 0.4) is 0 Å². The topological polar surface area (TPSA) is 47.0 Å². The second kappa shape index (κ2) is 6.34. The van der Waals surface area contributed by atoms with Crippen molar-refractivity contribution in [1.29, 1.82) is 0 Å². The van der Waals surface area contributed by atoms with Crippen LogP contribution in [0.2, 0.25) is 0 Å². The predicted molar refractivity (Wildman–Crippen MR) is 92.4 cm³/mol. The van der Waals surface area contributed by atoms with E-state index in [1.165, 1.54) is 0 Å². The van der Waals surface area contributed by atoms with Crippen molar-refractivity contribution in [1.82, 2.24) is 9.97 Å². The number of benzene rings is 2. The van der Waals surface area contributed by atoms with E-state index < -0.39 is 0 Å². The summed E-state index contributed by atoms with van der Waals surface area (Å²) in [6.45, 7) is 1.62. The zero-order valence-electron chi connectivity index (χ0n) is 12.9. The summed E-state index contributed by atoms with van der Waals surface area (Å²) >= 11 is 0. The number of aromatic nitrogens is 2. The van der Waals surface area contributed by atoms with Gasteiger partial charge in [-0.1, -0.05) is 48.5 Å². The first-order valence-corrected chi connectivity index (χ1v) is 8.08. The summed E-state index contributed by atoms with van der Waals surface area (Å²) in [5.74, 6) is 0.665. The van der Waals surface area contributed by atoms with Crippen molar-refractivity contribution in [3.8, 4) is 11.3 Å². The highest BCUT2D eigenvalue weighted by molar-refractivity contribution is 5.93. The third-order valence-electron chi connectivity index (χ3n) is 4.16. The summed E-state index contributed by atoms with van der Waals surface area (Å²) in [5, 5.41) is 4.41. The molecule has 0 unspecified atom stereocenters. The van der Waals surface area contributed by atoms with Crippen LogP contribution in [0.15, 0.2) is 54.6 Å². The van der Waals surface area contributed by atoms with Crippen LogP contribution in [0, 0.1) is 0 Å². The van der Waals surface area contributed by atoms with Crippen molar-refractivity contribution in [2.24, 2.45) is 0 Å². The number of anilines is 1. The Kier molecular flexibility index (Phi) is 3.90. The lowest BCUT2D eigenvalue weighted by atomic mass is 10.1. The summed E-state index contributed by atoms with van der Waals surface area (Å²) in [6.07, 6.45) is 2.51. The van der Waals surface area contributed by atoms with Crippen molar-refractivity contribution < 1.29 is 4.74 Å². The molecular weight excluding hydrogens is 286 g/mol. The van der Waals surface area contributed by atoms with Gasteiger partial charge in [0.15, 0.2) is 0 Å². The molecule has 4 heteroatoms. The average Bonchev–Trinajstić information content (AvgIpc) is 3.13. The molecule has 0 aliphatic carbocycles. The van der Waals surface area contributed by atoms with Gasteiger partial charge in [-0.3, -0.25) is 0 Å². The van der Waals surface area contributed by atoms with Gasteiger partial charge in [0.05, 0.1) is 17.3 Å². The minimum absolute atomic E-state index is 0.269. The molecule has 1 aliphatic heterocycles. The second-order valence-electron chi connectivity index (χ2n) is 5.79. The van der Waals surface area contributed by atoms with E-state index in [2.05, 4.69) is 28.5 Å². The largest absolute Gasteiger partial charge is 0.376 e. The highest BCUT2D eigenvalue weighted by Crippen LogP contribution is 2.27. The highest BCUT2D eigenvalue weighted by Gasteiger charge is 2.16. The van der Waals surface area contributed by atoms with Crippen molar-refractivity contribution in [3.63, 3.8) is 0 Å². The lowest BCUT2D eigenvalue weighted by molar-refractivity contribution is 0.120. The third kappa shape index (κ3) is 3.03. The average molecular weight is 305 g/mol. The molecule has 1 aliphatic rings. The molecule has 0 saturated carbocycles. The first-order valence-electron chi connectivity index (χ1n) is 8.08. The van der Waals surface area contributed by atoms with Crippen LogP contribution in [0.25, 0.3) is 22.2 Å². The maximum Gasteiger partial charge on any atom is 0.223 e. The number of nitrogens with one attached hydrogen (secondary N) is 1. The van der Waals surface area contributed by atoms with Crippen LogP contribution >= 0.6 is 0 Å². The first kappa shape index (κ1) is 14.2. The van der Waals surface area contributed by atoms with Crippen LogP contribution in [0.1, 0.15) is 12.8 Å². The Morgan fingerprint density at radius 2 is 1.83 bits per heavy atom. The molecule has 0 amide bonds. The van der Waals surface area contributed by atoms with Gasteiger partial charge in [-0.15, -0.1) is 0 Å². The van der Waals surface area contributed by atoms with Crippen LogP contribution in [-0.4, -0.2) is 29.2 Å². The SMILES string of the molecule is c1ccc(-c2nc(NC[C@@H]3CCCO3)nc3ccccc23)cc1. The fourth-order valence-electron chi connectivity index (χ4n) is 2.98. The van der Waals surface area contributed by atoms with E-state index in [0.29, 0.717) is 5.95 Å². The molecule has 4 rings (SSSR count). The lowest BCUT2D eigenvalue weighted by Gasteiger charge is -2.13. The van der Waals surface area contributed by atoms with Gasteiger partial charge in [0, 0.05) is 24.1 Å². The quantitative estimate of drug-likeness (QED) is 0.794. The Morgan fingerprint density at radius 3 is 2.65 bits per heavy atom. The summed E-state index contributed by atoms with van der Waals surface area (Å²) in [5.41, 5.74) is 3.02. The molecule has 1 saturated heterocycles. The van der Waals surface area contributed by atoms with Crippen LogP contribution < -0.4 is 5.32 Å². The van der Waals surface area contributed by atoms with Crippen molar-refractivity contribution >= 4 is 16.9 Å². The summed E-state index contributed by atoms with van der Waals surface area (Å²) < 4.78 is 5.66. The maximum absolute atomic E-state index is 5.66. The Bertz CT molecular complexity index is 798. The Morgan fingerprint density at radius 1 is 1.00 bits per heavy atom. The number of nitrogens with zero attached hydrogens (tertiary/aromatic N) is 2. The fourth-order valence-corrected chi connectivity index (χ4v) is 2.98. The molecule has 0 spiro atoms. The molecule has 116 valence electrons. The number of ether oxygens (including phenoxy) is 1. The molecule has 3 aromatic rings. The highest BCUT2D eigenvalue weighted by atomic mass is 16.5. The van der Waals surface area contributed by atoms with E-state index in [-0.39, 0.29) is 6.10 Å². The molecule has 1 aromatic heterocycles. The Balaban J connectivity index is 1.71. The van der Waals surface area contributed by atoms with Crippen molar-refractivity contribution in [2.45, 2.75) is 18.9 Å². The van der Waals surface area contributed by atoms with Crippen molar-refractivity contribution in [2.75, 3.05) is 18.5 Å². The molecule has 2 aromatic carbocycles. The van der Waals surface area contributed by atoms with Gasteiger partial charge in [0.25, 0.3) is 0 Å². The van der Waals surface area contributed by atoms with Crippen LogP contribution in [0.4, 0.5) is 5.95 Å². The number of fused-ring (bicyclic) bond motifs is 1. The maximum atomic E-state index is 5.66.